The third-order valence-electron chi connectivity index (χ3n) is 4.91. The number of rotatable bonds is 2. The standard InChI is InChI=1S/C18H24N2/c1-18(2)9-7-14(8-10-18)17(19)15-6-5-13-4-3-11-20-16(13)12-15/h3-6,11-12,14,17H,7-10,19H2,1-2H3. The van der Waals surface area contributed by atoms with Gasteiger partial charge in [-0.15, -0.1) is 0 Å². The van der Waals surface area contributed by atoms with Gasteiger partial charge in [0.2, 0.25) is 0 Å². The molecule has 0 saturated heterocycles. The van der Waals surface area contributed by atoms with Crippen molar-refractivity contribution in [1.29, 1.82) is 0 Å². The monoisotopic (exact) mass is 268 g/mol. The van der Waals surface area contributed by atoms with Crippen LogP contribution >= 0.6 is 0 Å². The summed E-state index contributed by atoms with van der Waals surface area (Å²) in [5.74, 6) is 0.615. The molecule has 0 aliphatic heterocycles. The second kappa shape index (κ2) is 5.17. The van der Waals surface area contributed by atoms with Gasteiger partial charge in [-0.3, -0.25) is 4.98 Å². The average Bonchev–Trinajstić information content (AvgIpc) is 2.46. The zero-order valence-corrected chi connectivity index (χ0v) is 12.5. The van der Waals surface area contributed by atoms with E-state index in [1.807, 2.05) is 12.3 Å². The summed E-state index contributed by atoms with van der Waals surface area (Å²) in [4.78, 5) is 4.44. The van der Waals surface area contributed by atoms with E-state index in [0.29, 0.717) is 11.3 Å². The molecule has 1 aromatic heterocycles. The highest BCUT2D eigenvalue weighted by Gasteiger charge is 2.30. The van der Waals surface area contributed by atoms with Crippen LogP contribution in [0.25, 0.3) is 10.9 Å². The Hall–Kier alpha value is -1.41. The molecule has 2 aromatic rings. The Balaban J connectivity index is 1.80. The second-order valence-electron chi connectivity index (χ2n) is 6.98. The molecule has 2 nitrogen and oxygen atoms in total. The van der Waals surface area contributed by atoms with Gasteiger partial charge in [-0.05, 0) is 54.7 Å². The smallest absolute Gasteiger partial charge is 0.0705 e. The predicted molar refractivity (Wildman–Crippen MR) is 84.4 cm³/mol. The number of hydrogen-bond acceptors (Lipinski definition) is 2. The van der Waals surface area contributed by atoms with E-state index in [9.17, 15) is 0 Å². The van der Waals surface area contributed by atoms with Crippen molar-refractivity contribution in [2.45, 2.75) is 45.6 Å². The van der Waals surface area contributed by atoms with E-state index in [4.69, 9.17) is 5.73 Å². The van der Waals surface area contributed by atoms with Crippen LogP contribution in [0.1, 0.15) is 51.1 Å². The van der Waals surface area contributed by atoms with Crippen LogP contribution in [0.3, 0.4) is 0 Å². The molecule has 0 radical (unpaired) electrons. The maximum atomic E-state index is 6.52. The lowest BCUT2D eigenvalue weighted by atomic mass is 9.70. The molecule has 1 fully saturated rings. The van der Waals surface area contributed by atoms with E-state index in [0.717, 1.165) is 5.52 Å². The van der Waals surface area contributed by atoms with Crippen molar-refractivity contribution >= 4 is 10.9 Å². The first-order valence-corrected chi connectivity index (χ1v) is 7.65. The summed E-state index contributed by atoms with van der Waals surface area (Å²) >= 11 is 0. The SMILES string of the molecule is CC1(C)CCC(C(N)c2ccc3cccnc3c2)CC1. The maximum Gasteiger partial charge on any atom is 0.0705 e. The normalized spacial score (nSPS) is 20.9. The topological polar surface area (TPSA) is 38.9 Å². The highest BCUT2D eigenvalue weighted by Crippen LogP contribution is 2.42. The first kappa shape index (κ1) is 13.6. The molecule has 3 rings (SSSR count). The van der Waals surface area contributed by atoms with Crippen LogP contribution in [-0.4, -0.2) is 4.98 Å². The lowest BCUT2D eigenvalue weighted by Crippen LogP contribution is -2.29. The fourth-order valence-corrected chi connectivity index (χ4v) is 3.34. The summed E-state index contributed by atoms with van der Waals surface area (Å²) in [6.07, 6.45) is 6.91. The Morgan fingerprint density at radius 3 is 2.70 bits per heavy atom. The number of benzene rings is 1. The van der Waals surface area contributed by atoms with Crippen LogP contribution in [-0.2, 0) is 0 Å². The summed E-state index contributed by atoms with van der Waals surface area (Å²) in [6.45, 7) is 4.74. The van der Waals surface area contributed by atoms with Gasteiger partial charge in [0.15, 0.2) is 0 Å². The number of hydrogen-bond donors (Lipinski definition) is 1. The zero-order valence-electron chi connectivity index (χ0n) is 12.5. The Bertz CT molecular complexity index is 593. The van der Waals surface area contributed by atoms with Gasteiger partial charge in [0, 0.05) is 17.6 Å². The quantitative estimate of drug-likeness (QED) is 0.874. The fraction of sp³-hybridized carbons (Fsp3) is 0.500. The summed E-state index contributed by atoms with van der Waals surface area (Å²) in [6, 6.07) is 10.7. The molecule has 1 atom stereocenters. The first-order valence-electron chi connectivity index (χ1n) is 7.65. The predicted octanol–water partition coefficient (Wildman–Crippen LogP) is 4.45. The van der Waals surface area contributed by atoms with E-state index >= 15 is 0 Å². The van der Waals surface area contributed by atoms with E-state index in [1.54, 1.807) is 0 Å². The van der Waals surface area contributed by atoms with E-state index < -0.39 is 0 Å². The number of aromatic nitrogens is 1. The lowest BCUT2D eigenvalue weighted by molar-refractivity contribution is 0.173. The van der Waals surface area contributed by atoms with Gasteiger partial charge >= 0.3 is 0 Å². The van der Waals surface area contributed by atoms with Crippen LogP contribution < -0.4 is 5.73 Å². The molecule has 1 unspecified atom stereocenters. The molecule has 2 N–H and O–H groups in total. The van der Waals surface area contributed by atoms with Crippen LogP contribution in [0.2, 0.25) is 0 Å². The molecule has 0 spiro atoms. The molecule has 0 amide bonds. The van der Waals surface area contributed by atoms with Gasteiger partial charge in [0.25, 0.3) is 0 Å². The van der Waals surface area contributed by atoms with Crippen molar-refractivity contribution < 1.29 is 0 Å². The minimum atomic E-state index is 0.150. The molecule has 1 aliphatic carbocycles. The molecule has 1 heterocycles. The van der Waals surface area contributed by atoms with Crippen molar-refractivity contribution in [1.82, 2.24) is 4.98 Å². The van der Waals surface area contributed by atoms with Gasteiger partial charge in [-0.25, -0.2) is 0 Å². The molecule has 1 saturated carbocycles. The van der Waals surface area contributed by atoms with Gasteiger partial charge in [0.05, 0.1) is 5.52 Å². The van der Waals surface area contributed by atoms with Crippen molar-refractivity contribution in [2.24, 2.45) is 17.1 Å². The van der Waals surface area contributed by atoms with Gasteiger partial charge in [-0.2, -0.15) is 0 Å². The largest absolute Gasteiger partial charge is 0.324 e. The molecule has 20 heavy (non-hydrogen) atoms. The van der Waals surface area contributed by atoms with Gasteiger partial charge in [-0.1, -0.05) is 32.0 Å². The van der Waals surface area contributed by atoms with E-state index in [1.165, 1.54) is 36.6 Å². The molecule has 1 aromatic carbocycles. The summed E-state index contributed by atoms with van der Waals surface area (Å²) in [5.41, 5.74) is 9.31. The third kappa shape index (κ3) is 2.71. The Kier molecular flexibility index (Phi) is 3.51. The first-order chi connectivity index (χ1) is 9.55. The molecular weight excluding hydrogens is 244 g/mol. The van der Waals surface area contributed by atoms with Crippen molar-refractivity contribution in [3.63, 3.8) is 0 Å². The molecule has 2 heteroatoms. The minimum Gasteiger partial charge on any atom is -0.324 e. The molecule has 1 aliphatic rings. The summed E-state index contributed by atoms with van der Waals surface area (Å²) in [5, 5.41) is 1.19. The second-order valence-corrected chi connectivity index (χ2v) is 6.98. The highest BCUT2D eigenvalue weighted by atomic mass is 14.7. The van der Waals surface area contributed by atoms with E-state index in [2.05, 4.69) is 43.1 Å². The number of nitrogens with zero attached hydrogens (tertiary/aromatic N) is 1. The van der Waals surface area contributed by atoms with E-state index in [-0.39, 0.29) is 6.04 Å². The van der Waals surface area contributed by atoms with Gasteiger partial charge in [0.1, 0.15) is 0 Å². The average molecular weight is 268 g/mol. The third-order valence-corrected chi connectivity index (χ3v) is 4.91. The maximum absolute atomic E-state index is 6.52. The lowest BCUT2D eigenvalue weighted by Gasteiger charge is -2.37. The number of fused-ring (bicyclic) bond motifs is 1. The van der Waals surface area contributed by atoms with Crippen LogP contribution in [0.5, 0.6) is 0 Å². The van der Waals surface area contributed by atoms with Crippen LogP contribution in [0.4, 0.5) is 0 Å². The van der Waals surface area contributed by atoms with Crippen molar-refractivity contribution in [2.75, 3.05) is 0 Å². The summed E-state index contributed by atoms with van der Waals surface area (Å²) < 4.78 is 0. The Morgan fingerprint density at radius 1 is 1.20 bits per heavy atom. The van der Waals surface area contributed by atoms with Crippen LogP contribution in [0, 0.1) is 11.3 Å². The van der Waals surface area contributed by atoms with Gasteiger partial charge < -0.3 is 5.73 Å². The molecule has 106 valence electrons. The zero-order chi connectivity index (χ0) is 14.2. The van der Waals surface area contributed by atoms with Crippen molar-refractivity contribution in [3.05, 3.63) is 42.1 Å². The molecular formula is C18H24N2. The van der Waals surface area contributed by atoms with Crippen LogP contribution in [0.15, 0.2) is 36.5 Å². The van der Waals surface area contributed by atoms with Crippen molar-refractivity contribution in [3.8, 4) is 0 Å². The Labute approximate surface area is 121 Å². The number of nitrogens with two attached hydrogens (primary N) is 1. The summed E-state index contributed by atoms with van der Waals surface area (Å²) in [7, 11) is 0. The Morgan fingerprint density at radius 2 is 1.95 bits per heavy atom. The molecule has 0 bridgehead atoms. The fourth-order valence-electron chi connectivity index (χ4n) is 3.34. The highest BCUT2D eigenvalue weighted by molar-refractivity contribution is 5.78. The minimum absolute atomic E-state index is 0.150. The number of pyridine rings is 1.